The predicted molar refractivity (Wildman–Crippen MR) is 132 cm³/mol. The van der Waals surface area contributed by atoms with Crippen molar-refractivity contribution in [2.75, 3.05) is 38.7 Å². The van der Waals surface area contributed by atoms with Crippen LogP contribution >= 0.6 is 0 Å². The van der Waals surface area contributed by atoms with Crippen molar-refractivity contribution in [1.29, 1.82) is 0 Å². The third-order valence-electron chi connectivity index (χ3n) is 5.84. The lowest BCUT2D eigenvalue weighted by molar-refractivity contribution is 0.0303. The number of benzene rings is 1. The molecule has 4 heterocycles. The van der Waals surface area contributed by atoms with Crippen molar-refractivity contribution in [3.8, 4) is 33.6 Å². The lowest BCUT2D eigenvalue weighted by Gasteiger charge is -2.26. The van der Waals surface area contributed by atoms with Crippen LogP contribution < -0.4 is 5.32 Å². The Morgan fingerprint density at radius 3 is 2.35 bits per heavy atom. The van der Waals surface area contributed by atoms with Gasteiger partial charge in [-0.3, -0.25) is 14.8 Å². The van der Waals surface area contributed by atoms with E-state index < -0.39 is 0 Å². The standard InChI is InChI=1S/C27H25N5O2/c1-28-26-16-21(15-25(31-26)24-4-2-3-9-30-24)23-14-22(17-29-18-23)19-5-7-20(8-6-19)27(33)32-10-12-34-13-11-32/h2-9,14-18H,10-13H2,1H3,(H,28,31). The average molecular weight is 452 g/mol. The molecule has 7 heteroatoms. The van der Waals surface area contributed by atoms with Gasteiger partial charge >= 0.3 is 0 Å². The number of pyridine rings is 3. The van der Waals surface area contributed by atoms with Crippen molar-refractivity contribution in [3.05, 3.63) is 84.8 Å². The lowest BCUT2D eigenvalue weighted by Crippen LogP contribution is -2.40. The highest BCUT2D eigenvalue weighted by Crippen LogP contribution is 2.29. The van der Waals surface area contributed by atoms with Crippen LogP contribution in [0, 0.1) is 0 Å². The minimum Gasteiger partial charge on any atom is -0.378 e. The highest BCUT2D eigenvalue weighted by atomic mass is 16.5. The van der Waals surface area contributed by atoms with Gasteiger partial charge in [-0.2, -0.15) is 0 Å². The smallest absolute Gasteiger partial charge is 0.254 e. The molecule has 5 rings (SSSR count). The average Bonchev–Trinajstić information content (AvgIpc) is 2.93. The number of carbonyl (C=O) groups excluding carboxylic acids is 1. The highest BCUT2D eigenvalue weighted by molar-refractivity contribution is 5.94. The SMILES string of the molecule is CNc1cc(-c2cncc(-c3ccc(C(=O)N4CCOCC4)cc3)c2)cc(-c2ccccn2)n1. The summed E-state index contributed by atoms with van der Waals surface area (Å²) in [5, 5.41) is 3.13. The van der Waals surface area contributed by atoms with Crippen molar-refractivity contribution in [2.24, 2.45) is 0 Å². The summed E-state index contributed by atoms with van der Waals surface area (Å²) >= 11 is 0. The van der Waals surface area contributed by atoms with Crippen LogP contribution in [0.25, 0.3) is 33.6 Å². The number of rotatable bonds is 5. The van der Waals surface area contributed by atoms with E-state index in [9.17, 15) is 4.79 Å². The summed E-state index contributed by atoms with van der Waals surface area (Å²) < 4.78 is 5.35. The fourth-order valence-corrected chi connectivity index (χ4v) is 3.98. The largest absolute Gasteiger partial charge is 0.378 e. The Bertz CT molecular complexity index is 1290. The molecule has 3 aromatic heterocycles. The van der Waals surface area contributed by atoms with E-state index in [4.69, 9.17) is 4.74 Å². The Morgan fingerprint density at radius 2 is 1.65 bits per heavy atom. The molecule has 1 aliphatic rings. The number of aromatic nitrogens is 3. The summed E-state index contributed by atoms with van der Waals surface area (Å²) in [6.45, 7) is 2.45. The second-order valence-electron chi connectivity index (χ2n) is 8.04. The fourth-order valence-electron chi connectivity index (χ4n) is 3.98. The summed E-state index contributed by atoms with van der Waals surface area (Å²) in [6, 6.07) is 19.6. The molecule has 0 bridgehead atoms. The van der Waals surface area contributed by atoms with Gasteiger partial charge in [-0.1, -0.05) is 18.2 Å². The first-order chi connectivity index (χ1) is 16.7. The van der Waals surface area contributed by atoms with Gasteiger partial charge in [-0.05, 0) is 53.6 Å². The van der Waals surface area contributed by atoms with E-state index in [-0.39, 0.29) is 5.91 Å². The zero-order chi connectivity index (χ0) is 23.3. The molecule has 1 aliphatic heterocycles. The Balaban J connectivity index is 1.43. The first kappa shape index (κ1) is 21.7. The van der Waals surface area contributed by atoms with Crippen molar-refractivity contribution >= 4 is 11.7 Å². The third-order valence-corrected chi connectivity index (χ3v) is 5.84. The van der Waals surface area contributed by atoms with E-state index in [1.165, 1.54) is 0 Å². The second kappa shape index (κ2) is 9.80. The summed E-state index contributed by atoms with van der Waals surface area (Å²) in [5.41, 5.74) is 6.23. The quantitative estimate of drug-likeness (QED) is 0.485. The van der Waals surface area contributed by atoms with Gasteiger partial charge in [0.2, 0.25) is 0 Å². The molecule has 4 aromatic rings. The second-order valence-corrected chi connectivity index (χ2v) is 8.04. The van der Waals surface area contributed by atoms with Crippen LogP contribution in [0.2, 0.25) is 0 Å². The topological polar surface area (TPSA) is 80.2 Å². The number of amides is 1. The molecule has 0 aliphatic carbocycles. The van der Waals surface area contributed by atoms with E-state index in [0.717, 1.165) is 39.5 Å². The van der Waals surface area contributed by atoms with Gasteiger partial charge in [0.15, 0.2) is 0 Å². The van der Waals surface area contributed by atoms with E-state index in [0.29, 0.717) is 31.9 Å². The van der Waals surface area contributed by atoms with Crippen LogP contribution in [-0.2, 0) is 4.74 Å². The Kier molecular flexibility index (Phi) is 6.27. The molecule has 0 radical (unpaired) electrons. The maximum atomic E-state index is 12.7. The zero-order valence-electron chi connectivity index (χ0n) is 18.9. The maximum absolute atomic E-state index is 12.7. The molecule has 1 N–H and O–H groups in total. The molecule has 34 heavy (non-hydrogen) atoms. The van der Waals surface area contributed by atoms with E-state index >= 15 is 0 Å². The minimum absolute atomic E-state index is 0.0418. The van der Waals surface area contributed by atoms with Crippen LogP contribution in [0.1, 0.15) is 10.4 Å². The molecule has 7 nitrogen and oxygen atoms in total. The van der Waals surface area contributed by atoms with Crippen molar-refractivity contribution in [2.45, 2.75) is 0 Å². The number of morpholine rings is 1. The Labute approximate surface area is 198 Å². The summed E-state index contributed by atoms with van der Waals surface area (Å²) in [6.07, 6.45) is 5.44. The Hall–Kier alpha value is -4.10. The van der Waals surface area contributed by atoms with E-state index in [1.807, 2.05) is 78.9 Å². The Morgan fingerprint density at radius 1 is 0.882 bits per heavy atom. The molecule has 0 atom stereocenters. The van der Waals surface area contributed by atoms with Crippen LogP contribution in [0.3, 0.4) is 0 Å². The van der Waals surface area contributed by atoms with Crippen LogP contribution in [0.4, 0.5) is 5.82 Å². The van der Waals surface area contributed by atoms with Crippen molar-refractivity contribution in [1.82, 2.24) is 19.9 Å². The number of anilines is 1. The molecule has 1 saturated heterocycles. The molecular formula is C27H25N5O2. The number of hydrogen-bond donors (Lipinski definition) is 1. The summed E-state index contributed by atoms with van der Waals surface area (Å²) in [5.74, 6) is 0.801. The van der Waals surface area contributed by atoms with Crippen LogP contribution in [0.15, 0.2) is 79.3 Å². The number of nitrogens with one attached hydrogen (secondary N) is 1. The molecule has 0 saturated carbocycles. The van der Waals surface area contributed by atoms with Crippen LogP contribution in [-0.4, -0.2) is 59.1 Å². The zero-order valence-corrected chi connectivity index (χ0v) is 18.9. The maximum Gasteiger partial charge on any atom is 0.254 e. The monoisotopic (exact) mass is 451 g/mol. The number of carbonyl (C=O) groups is 1. The normalized spacial score (nSPS) is 13.5. The van der Waals surface area contributed by atoms with Gasteiger partial charge in [-0.25, -0.2) is 4.98 Å². The first-order valence-corrected chi connectivity index (χ1v) is 11.3. The van der Waals surface area contributed by atoms with Gasteiger partial charge in [-0.15, -0.1) is 0 Å². The molecular weight excluding hydrogens is 426 g/mol. The molecule has 1 aromatic carbocycles. The van der Waals surface area contributed by atoms with Gasteiger partial charge in [0, 0.05) is 55.4 Å². The predicted octanol–water partition coefficient (Wildman–Crippen LogP) is 4.39. The molecule has 170 valence electrons. The lowest BCUT2D eigenvalue weighted by atomic mass is 10.0. The number of hydrogen-bond acceptors (Lipinski definition) is 6. The van der Waals surface area contributed by atoms with Crippen molar-refractivity contribution < 1.29 is 9.53 Å². The number of nitrogens with zero attached hydrogens (tertiary/aromatic N) is 4. The molecule has 0 unspecified atom stereocenters. The highest BCUT2D eigenvalue weighted by Gasteiger charge is 2.18. The van der Waals surface area contributed by atoms with Gasteiger partial charge in [0.25, 0.3) is 5.91 Å². The molecule has 1 amide bonds. The number of ether oxygens (including phenoxy) is 1. The first-order valence-electron chi connectivity index (χ1n) is 11.3. The van der Waals surface area contributed by atoms with Crippen molar-refractivity contribution in [3.63, 3.8) is 0 Å². The van der Waals surface area contributed by atoms with E-state index in [1.54, 1.807) is 6.20 Å². The van der Waals surface area contributed by atoms with E-state index in [2.05, 4.69) is 26.3 Å². The van der Waals surface area contributed by atoms with Gasteiger partial charge in [0.1, 0.15) is 5.82 Å². The minimum atomic E-state index is 0.0418. The van der Waals surface area contributed by atoms with Gasteiger partial charge in [0.05, 0.1) is 24.6 Å². The summed E-state index contributed by atoms with van der Waals surface area (Å²) in [4.78, 5) is 28.1. The molecule has 0 spiro atoms. The fraction of sp³-hybridized carbons (Fsp3) is 0.185. The van der Waals surface area contributed by atoms with Gasteiger partial charge < -0.3 is 15.0 Å². The molecule has 1 fully saturated rings. The summed E-state index contributed by atoms with van der Waals surface area (Å²) in [7, 11) is 1.85. The third kappa shape index (κ3) is 4.65. The van der Waals surface area contributed by atoms with Crippen LogP contribution in [0.5, 0.6) is 0 Å².